The Bertz CT molecular complexity index is 196. The van der Waals surface area contributed by atoms with E-state index in [1.54, 1.807) is 7.11 Å². The van der Waals surface area contributed by atoms with Crippen molar-refractivity contribution in [3.8, 4) is 0 Å². The van der Waals surface area contributed by atoms with Gasteiger partial charge in [-0.3, -0.25) is 0 Å². The average Bonchev–Trinajstić information content (AvgIpc) is 2.46. The summed E-state index contributed by atoms with van der Waals surface area (Å²) in [6.45, 7) is 6.53. The van der Waals surface area contributed by atoms with Crippen LogP contribution in [0.5, 0.6) is 0 Å². The Labute approximate surface area is 90.7 Å². The normalized spacial score (nSPS) is 33.6. The number of hydrogen-bond donors (Lipinski definition) is 0. The Hall–Kier alpha value is 0.170. The van der Waals surface area contributed by atoms with Gasteiger partial charge in [-0.05, 0) is 20.8 Å². The zero-order valence-electron chi connectivity index (χ0n) is 9.30. The molecule has 0 N–H and O–H groups in total. The number of methoxy groups -OCH3 is 1. The summed E-state index contributed by atoms with van der Waals surface area (Å²) in [5.74, 6) is -0.0813. The highest BCUT2D eigenvalue weighted by molar-refractivity contribution is 6.18. The van der Waals surface area contributed by atoms with Gasteiger partial charge in [0.05, 0.1) is 24.2 Å². The second-order valence-electron chi connectivity index (χ2n) is 4.48. The van der Waals surface area contributed by atoms with Gasteiger partial charge >= 0.3 is 0 Å². The third kappa shape index (κ3) is 3.09. The molecule has 1 aliphatic heterocycles. The molecule has 14 heavy (non-hydrogen) atoms. The molecule has 0 aromatic rings. The zero-order valence-corrected chi connectivity index (χ0v) is 10.1. The van der Waals surface area contributed by atoms with Crippen molar-refractivity contribution in [2.45, 2.75) is 44.7 Å². The van der Waals surface area contributed by atoms with E-state index in [0.717, 1.165) is 0 Å². The quantitative estimate of drug-likeness (QED) is 0.683. The molecule has 0 aromatic heterocycles. The molecule has 0 spiro atoms. The van der Waals surface area contributed by atoms with Gasteiger partial charge in [-0.2, -0.15) is 0 Å². The Balaban J connectivity index is 2.52. The summed E-state index contributed by atoms with van der Waals surface area (Å²) in [5, 5.41) is 0. The largest absolute Gasteiger partial charge is 0.379 e. The lowest BCUT2D eigenvalue weighted by Crippen LogP contribution is -2.38. The summed E-state index contributed by atoms with van der Waals surface area (Å²) >= 11 is 5.70. The van der Waals surface area contributed by atoms with E-state index in [1.807, 2.05) is 20.8 Å². The van der Waals surface area contributed by atoms with Crippen LogP contribution in [0.4, 0.5) is 0 Å². The van der Waals surface area contributed by atoms with Crippen molar-refractivity contribution in [2.24, 2.45) is 0 Å². The highest BCUT2D eigenvalue weighted by Crippen LogP contribution is 2.32. The molecule has 1 saturated heterocycles. The molecule has 4 heteroatoms. The Morgan fingerprint density at radius 2 is 2.21 bits per heavy atom. The number of rotatable bonds is 4. The van der Waals surface area contributed by atoms with Crippen molar-refractivity contribution in [3.05, 3.63) is 0 Å². The van der Waals surface area contributed by atoms with Gasteiger partial charge < -0.3 is 14.2 Å². The molecule has 84 valence electrons. The first kappa shape index (κ1) is 12.2. The van der Waals surface area contributed by atoms with Crippen LogP contribution in [0.15, 0.2) is 0 Å². The molecule has 0 aromatic carbocycles. The molecule has 2 atom stereocenters. The topological polar surface area (TPSA) is 27.7 Å². The van der Waals surface area contributed by atoms with Crippen LogP contribution >= 0.6 is 11.6 Å². The molecule has 1 heterocycles. The van der Waals surface area contributed by atoms with E-state index in [9.17, 15) is 0 Å². The van der Waals surface area contributed by atoms with Crippen LogP contribution < -0.4 is 0 Å². The highest BCUT2D eigenvalue weighted by Gasteiger charge is 2.41. The Morgan fingerprint density at radius 1 is 1.57 bits per heavy atom. The van der Waals surface area contributed by atoms with Gasteiger partial charge in [0.2, 0.25) is 0 Å². The molecular weight excluding hydrogens is 204 g/mol. The summed E-state index contributed by atoms with van der Waals surface area (Å²) in [6, 6.07) is 0. The minimum Gasteiger partial charge on any atom is -0.379 e. The minimum atomic E-state index is -0.556. The lowest BCUT2D eigenvalue weighted by molar-refractivity contribution is -0.188. The van der Waals surface area contributed by atoms with E-state index in [2.05, 4.69) is 0 Å². The van der Waals surface area contributed by atoms with Crippen LogP contribution in [-0.2, 0) is 14.2 Å². The first-order valence-corrected chi connectivity index (χ1v) is 5.37. The fourth-order valence-electron chi connectivity index (χ4n) is 1.70. The number of ether oxygens (including phenoxy) is 3. The predicted octanol–water partition coefficient (Wildman–Crippen LogP) is 2.17. The minimum absolute atomic E-state index is 0.00863. The number of halogens is 1. The Kier molecular flexibility index (Phi) is 3.81. The third-order valence-electron chi connectivity index (χ3n) is 2.46. The SMILES string of the molecule is COC(C)(C)CC1(C)OCC(CCl)O1. The molecule has 0 bridgehead atoms. The monoisotopic (exact) mass is 222 g/mol. The Morgan fingerprint density at radius 3 is 2.64 bits per heavy atom. The molecule has 0 saturated carbocycles. The summed E-state index contributed by atoms with van der Waals surface area (Å²) in [7, 11) is 1.69. The van der Waals surface area contributed by atoms with Crippen molar-refractivity contribution in [1.29, 1.82) is 0 Å². The van der Waals surface area contributed by atoms with Gasteiger partial charge in [0.1, 0.15) is 0 Å². The third-order valence-corrected chi connectivity index (χ3v) is 2.81. The first-order valence-electron chi connectivity index (χ1n) is 4.84. The first-order chi connectivity index (χ1) is 6.41. The smallest absolute Gasteiger partial charge is 0.168 e. The maximum atomic E-state index is 5.70. The average molecular weight is 223 g/mol. The van der Waals surface area contributed by atoms with Crippen molar-refractivity contribution < 1.29 is 14.2 Å². The summed E-state index contributed by atoms with van der Waals surface area (Å²) in [5.41, 5.74) is -0.240. The fraction of sp³-hybridized carbons (Fsp3) is 1.00. The molecule has 0 radical (unpaired) electrons. The number of alkyl halides is 1. The van der Waals surface area contributed by atoms with E-state index in [-0.39, 0.29) is 11.7 Å². The van der Waals surface area contributed by atoms with Gasteiger partial charge in [-0.15, -0.1) is 11.6 Å². The summed E-state index contributed by atoms with van der Waals surface area (Å²) < 4.78 is 16.6. The van der Waals surface area contributed by atoms with E-state index in [0.29, 0.717) is 18.9 Å². The van der Waals surface area contributed by atoms with Gasteiger partial charge in [0.25, 0.3) is 0 Å². The maximum absolute atomic E-state index is 5.70. The molecule has 0 aliphatic carbocycles. The van der Waals surface area contributed by atoms with Crippen molar-refractivity contribution in [3.63, 3.8) is 0 Å². The summed E-state index contributed by atoms with van der Waals surface area (Å²) in [6.07, 6.45) is 0.707. The van der Waals surface area contributed by atoms with E-state index in [1.165, 1.54) is 0 Å². The van der Waals surface area contributed by atoms with Crippen LogP contribution in [0.2, 0.25) is 0 Å². The van der Waals surface area contributed by atoms with Crippen molar-refractivity contribution in [2.75, 3.05) is 19.6 Å². The molecule has 2 unspecified atom stereocenters. The van der Waals surface area contributed by atoms with Gasteiger partial charge in [0.15, 0.2) is 5.79 Å². The van der Waals surface area contributed by atoms with E-state index in [4.69, 9.17) is 25.8 Å². The van der Waals surface area contributed by atoms with Crippen LogP contribution in [0.25, 0.3) is 0 Å². The molecule has 3 nitrogen and oxygen atoms in total. The van der Waals surface area contributed by atoms with Crippen LogP contribution in [0.3, 0.4) is 0 Å². The molecule has 0 amide bonds. The predicted molar refractivity (Wildman–Crippen MR) is 55.7 cm³/mol. The molecule has 1 aliphatic rings. The number of hydrogen-bond acceptors (Lipinski definition) is 3. The fourth-order valence-corrected chi connectivity index (χ4v) is 1.86. The van der Waals surface area contributed by atoms with Crippen LogP contribution in [0, 0.1) is 0 Å². The maximum Gasteiger partial charge on any atom is 0.168 e. The molecule has 1 fully saturated rings. The van der Waals surface area contributed by atoms with Crippen LogP contribution in [0.1, 0.15) is 27.2 Å². The summed E-state index contributed by atoms with van der Waals surface area (Å²) in [4.78, 5) is 0. The lowest BCUT2D eigenvalue weighted by Gasteiger charge is -2.32. The highest BCUT2D eigenvalue weighted by atomic mass is 35.5. The van der Waals surface area contributed by atoms with Gasteiger partial charge in [-0.1, -0.05) is 0 Å². The van der Waals surface area contributed by atoms with Crippen LogP contribution in [-0.4, -0.2) is 37.1 Å². The molecular formula is C10H19ClO3. The second-order valence-corrected chi connectivity index (χ2v) is 4.79. The standard InChI is InChI=1S/C10H19ClO3/c1-9(2,12-4)7-10(3)13-6-8(5-11)14-10/h8H,5-7H2,1-4H3. The van der Waals surface area contributed by atoms with Crippen molar-refractivity contribution in [1.82, 2.24) is 0 Å². The van der Waals surface area contributed by atoms with Crippen molar-refractivity contribution >= 4 is 11.6 Å². The molecule has 1 rings (SSSR count). The second kappa shape index (κ2) is 4.35. The van der Waals surface area contributed by atoms with Gasteiger partial charge in [0, 0.05) is 13.5 Å². The van der Waals surface area contributed by atoms with E-state index < -0.39 is 5.79 Å². The zero-order chi connectivity index (χ0) is 10.8. The van der Waals surface area contributed by atoms with E-state index >= 15 is 0 Å². The van der Waals surface area contributed by atoms with Gasteiger partial charge in [-0.25, -0.2) is 0 Å². The lowest BCUT2D eigenvalue weighted by atomic mass is 9.99.